The first-order chi connectivity index (χ1) is 15.7. The van der Waals surface area contributed by atoms with Crippen molar-refractivity contribution in [3.05, 3.63) is 64.6 Å². The molecule has 33 heavy (non-hydrogen) atoms. The van der Waals surface area contributed by atoms with Crippen molar-refractivity contribution in [2.24, 2.45) is 5.92 Å². The van der Waals surface area contributed by atoms with E-state index in [0.717, 1.165) is 17.4 Å². The highest BCUT2D eigenvalue weighted by atomic mass is 32.1. The van der Waals surface area contributed by atoms with Gasteiger partial charge in [-0.05, 0) is 29.8 Å². The van der Waals surface area contributed by atoms with Crippen LogP contribution in [0.3, 0.4) is 0 Å². The number of hydrogen-bond acceptors (Lipinski definition) is 7. The van der Waals surface area contributed by atoms with E-state index >= 15 is 0 Å². The minimum Gasteiger partial charge on any atom is -0.459 e. The van der Waals surface area contributed by atoms with E-state index in [9.17, 15) is 27.6 Å². The molecule has 1 aliphatic carbocycles. The Kier molecular flexibility index (Phi) is 6.18. The molecule has 0 fully saturated rings. The Morgan fingerprint density at radius 2 is 2.03 bits per heavy atom. The van der Waals surface area contributed by atoms with Crippen molar-refractivity contribution in [2.45, 2.75) is 25.7 Å². The van der Waals surface area contributed by atoms with Gasteiger partial charge in [-0.15, -0.1) is 13.2 Å². The third-order valence-corrected chi connectivity index (χ3v) is 5.81. The maximum atomic E-state index is 12.6. The topological polar surface area (TPSA) is 111 Å². The molecule has 2 aromatic heterocycles. The molecule has 1 aromatic carbocycles. The second-order valence-corrected chi connectivity index (χ2v) is 8.17. The molecule has 4 rings (SSSR count). The Hall–Kier alpha value is -3.67. The molecule has 2 N–H and O–H groups in total. The number of alkyl halides is 3. The van der Waals surface area contributed by atoms with E-state index in [1.165, 1.54) is 24.5 Å². The molecule has 0 aliphatic heterocycles. The molecule has 0 saturated carbocycles. The average molecular weight is 479 g/mol. The van der Waals surface area contributed by atoms with Gasteiger partial charge in [0.05, 0.1) is 22.8 Å². The molecular weight excluding hydrogens is 463 g/mol. The number of ketones is 1. The van der Waals surface area contributed by atoms with Gasteiger partial charge in [0, 0.05) is 19.4 Å². The number of nitrogens with zero attached hydrogens (tertiary/aromatic N) is 1. The number of carbonyl (C=O) groups is 3. The molecule has 0 bridgehead atoms. The van der Waals surface area contributed by atoms with Gasteiger partial charge < -0.3 is 14.5 Å². The Morgan fingerprint density at radius 3 is 2.76 bits per heavy atom. The number of fused-ring (bicyclic) bond motifs is 1. The number of carbonyl (C=O) groups excluding carboxylic acids is 3. The number of aromatic nitrogens is 1. The van der Waals surface area contributed by atoms with Gasteiger partial charge in [-0.2, -0.15) is 0 Å². The predicted octanol–water partition coefficient (Wildman–Crippen LogP) is 3.95. The minimum absolute atomic E-state index is 0.0348. The fraction of sp³-hybridized carbons (Fsp3) is 0.238. The van der Waals surface area contributed by atoms with Gasteiger partial charge >= 0.3 is 6.36 Å². The second kappa shape index (κ2) is 9.06. The minimum atomic E-state index is -4.81. The molecule has 8 nitrogen and oxygen atoms in total. The molecule has 1 unspecified atom stereocenters. The van der Waals surface area contributed by atoms with Gasteiger partial charge in [-0.3, -0.25) is 19.7 Å². The van der Waals surface area contributed by atoms with Crippen LogP contribution in [0.25, 0.3) is 0 Å². The SMILES string of the molecule is O=C(Nc1nc2c(s1)C(=O)CC(C(=O)NCc1cccc(OC(F)(F)F)c1)C2)c1ccco1. The highest BCUT2D eigenvalue weighted by Gasteiger charge is 2.33. The number of rotatable bonds is 6. The van der Waals surface area contributed by atoms with Crippen LogP contribution in [-0.2, 0) is 17.8 Å². The van der Waals surface area contributed by atoms with Gasteiger partial charge in [0.25, 0.3) is 5.91 Å². The van der Waals surface area contributed by atoms with Crippen molar-refractivity contribution in [1.29, 1.82) is 0 Å². The molecular formula is C21H16F3N3O5S. The standard InChI is InChI=1S/C21H16F3N3O5S/c22-21(23,24)32-13-4-1-3-11(7-13)10-25-18(29)12-8-14-17(15(28)9-12)33-20(26-14)27-19(30)16-5-2-6-31-16/h1-7,12H,8-10H2,(H,25,29)(H,26,27,30). The summed E-state index contributed by atoms with van der Waals surface area (Å²) in [6.07, 6.45) is -3.30. The van der Waals surface area contributed by atoms with Gasteiger partial charge in [0.15, 0.2) is 16.7 Å². The van der Waals surface area contributed by atoms with E-state index in [4.69, 9.17) is 4.42 Å². The van der Waals surface area contributed by atoms with Crippen LogP contribution in [0, 0.1) is 5.92 Å². The summed E-state index contributed by atoms with van der Waals surface area (Å²) in [6, 6.07) is 8.30. The molecule has 0 spiro atoms. The van der Waals surface area contributed by atoms with E-state index in [2.05, 4.69) is 20.4 Å². The van der Waals surface area contributed by atoms with E-state index < -0.39 is 29.8 Å². The average Bonchev–Trinajstić information content (AvgIpc) is 3.41. The molecule has 1 aliphatic rings. The number of hydrogen-bond donors (Lipinski definition) is 2. The first kappa shape index (κ1) is 22.5. The third kappa shape index (κ3) is 5.58. The van der Waals surface area contributed by atoms with Crippen molar-refractivity contribution in [2.75, 3.05) is 5.32 Å². The van der Waals surface area contributed by atoms with Crippen LogP contribution in [0.5, 0.6) is 5.75 Å². The van der Waals surface area contributed by atoms with Crippen molar-refractivity contribution >= 4 is 34.1 Å². The predicted molar refractivity (Wildman–Crippen MR) is 110 cm³/mol. The lowest BCUT2D eigenvalue weighted by Crippen LogP contribution is -2.35. The van der Waals surface area contributed by atoms with Gasteiger partial charge in [-0.25, -0.2) is 4.98 Å². The number of furan rings is 1. The zero-order valence-electron chi connectivity index (χ0n) is 16.8. The third-order valence-electron chi connectivity index (χ3n) is 4.76. The monoisotopic (exact) mass is 479 g/mol. The molecule has 172 valence electrons. The summed E-state index contributed by atoms with van der Waals surface area (Å²) in [5, 5.41) is 5.42. The lowest BCUT2D eigenvalue weighted by molar-refractivity contribution is -0.274. The number of thiazole rings is 1. The molecule has 3 aromatic rings. The van der Waals surface area contributed by atoms with Crippen molar-refractivity contribution < 1.29 is 36.7 Å². The number of Topliss-reactive ketones (excluding diaryl/α,β-unsaturated/α-hetero) is 1. The zero-order chi connectivity index (χ0) is 23.6. The molecule has 2 amide bonds. The van der Waals surface area contributed by atoms with Gasteiger partial charge in [0.1, 0.15) is 5.75 Å². The van der Waals surface area contributed by atoms with Crippen LogP contribution in [0.2, 0.25) is 0 Å². The smallest absolute Gasteiger partial charge is 0.459 e. The van der Waals surface area contributed by atoms with Crippen LogP contribution < -0.4 is 15.4 Å². The molecule has 0 radical (unpaired) electrons. The molecule has 0 saturated heterocycles. The number of anilines is 1. The van der Waals surface area contributed by atoms with Crippen molar-refractivity contribution in [3.63, 3.8) is 0 Å². The lowest BCUT2D eigenvalue weighted by atomic mass is 9.89. The summed E-state index contributed by atoms with van der Waals surface area (Å²) < 4.78 is 46.0. The maximum Gasteiger partial charge on any atom is 0.573 e. The van der Waals surface area contributed by atoms with Crippen LogP contribution in [-0.4, -0.2) is 28.9 Å². The number of halogens is 3. The Labute approximate surface area is 188 Å². The number of nitrogens with one attached hydrogen (secondary N) is 2. The summed E-state index contributed by atoms with van der Waals surface area (Å²) in [7, 11) is 0. The number of ether oxygens (including phenoxy) is 1. The van der Waals surface area contributed by atoms with Crippen molar-refractivity contribution in [1.82, 2.24) is 10.3 Å². The van der Waals surface area contributed by atoms with Crippen LogP contribution >= 0.6 is 11.3 Å². The van der Waals surface area contributed by atoms with Crippen LogP contribution in [0.4, 0.5) is 18.3 Å². The summed E-state index contributed by atoms with van der Waals surface area (Å²) in [5.41, 5.74) is 0.816. The molecule has 12 heteroatoms. The maximum absolute atomic E-state index is 12.6. The summed E-state index contributed by atoms with van der Waals surface area (Å²) in [5.74, 6) is -2.19. The summed E-state index contributed by atoms with van der Waals surface area (Å²) in [4.78, 5) is 41.9. The number of benzene rings is 1. The highest BCUT2D eigenvalue weighted by molar-refractivity contribution is 7.17. The summed E-state index contributed by atoms with van der Waals surface area (Å²) >= 11 is 1.03. The Morgan fingerprint density at radius 1 is 1.21 bits per heavy atom. The van der Waals surface area contributed by atoms with Crippen LogP contribution in [0.15, 0.2) is 47.1 Å². The van der Waals surface area contributed by atoms with Gasteiger partial charge in [0.2, 0.25) is 5.91 Å². The first-order valence-corrected chi connectivity index (χ1v) is 10.5. The first-order valence-electron chi connectivity index (χ1n) is 9.68. The molecule has 1 atom stereocenters. The summed E-state index contributed by atoms with van der Waals surface area (Å²) in [6.45, 7) is -0.0348. The lowest BCUT2D eigenvalue weighted by Gasteiger charge is -2.19. The van der Waals surface area contributed by atoms with E-state index in [0.29, 0.717) is 16.1 Å². The van der Waals surface area contributed by atoms with Gasteiger partial charge in [-0.1, -0.05) is 23.5 Å². The van der Waals surface area contributed by atoms with E-state index in [1.54, 1.807) is 12.1 Å². The van der Waals surface area contributed by atoms with Crippen molar-refractivity contribution in [3.8, 4) is 5.75 Å². The Balaban J connectivity index is 1.37. The second-order valence-electron chi connectivity index (χ2n) is 7.17. The highest BCUT2D eigenvalue weighted by Crippen LogP contribution is 2.32. The quantitative estimate of drug-likeness (QED) is 0.554. The normalized spacial score (nSPS) is 15.6. The fourth-order valence-corrected chi connectivity index (χ4v) is 4.26. The van der Waals surface area contributed by atoms with E-state index in [-0.39, 0.29) is 36.1 Å². The molecule has 2 heterocycles. The van der Waals surface area contributed by atoms with E-state index in [1.807, 2.05) is 0 Å². The Bertz CT molecular complexity index is 1190. The van der Waals surface area contributed by atoms with Crippen LogP contribution in [0.1, 0.15) is 37.9 Å². The zero-order valence-corrected chi connectivity index (χ0v) is 17.6. The largest absolute Gasteiger partial charge is 0.573 e. The fourth-order valence-electron chi connectivity index (χ4n) is 3.32. The number of amides is 2.